The molecule has 2 N–H and O–H groups in total. The van der Waals surface area contributed by atoms with Crippen LogP contribution in [0.3, 0.4) is 0 Å². The van der Waals surface area contributed by atoms with Gasteiger partial charge in [0.25, 0.3) is 5.91 Å². The maximum atomic E-state index is 12.4. The standard InChI is InChI=1S/C24H24N2O4/c1-3-16-12-23(27)30-22-13-18(8-9-20(16)22)29-15(2)24(28)25-11-10-17-14-26-21-7-5-4-6-19(17)21/h4-9,12-15,26H,3,10-11H2,1-2H3,(H,25,28). The Bertz CT molecular complexity index is 1260. The number of nitrogens with one attached hydrogen (secondary N) is 2. The fraction of sp³-hybridized carbons (Fsp3) is 0.250. The second kappa shape index (κ2) is 8.45. The second-order valence-corrected chi connectivity index (χ2v) is 7.26. The molecule has 0 saturated heterocycles. The van der Waals surface area contributed by atoms with Crippen molar-refractivity contribution in [2.75, 3.05) is 6.54 Å². The highest BCUT2D eigenvalue weighted by Gasteiger charge is 2.15. The van der Waals surface area contributed by atoms with Crippen LogP contribution in [-0.2, 0) is 17.6 Å². The highest BCUT2D eigenvalue weighted by molar-refractivity contribution is 5.84. The van der Waals surface area contributed by atoms with Gasteiger partial charge in [0.05, 0.1) is 0 Å². The molecule has 2 heterocycles. The first kappa shape index (κ1) is 19.8. The van der Waals surface area contributed by atoms with Gasteiger partial charge in [-0.3, -0.25) is 4.79 Å². The SMILES string of the molecule is CCc1cc(=O)oc2cc(OC(C)C(=O)NCCc3c[nH]c4ccccc34)ccc12. The second-order valence-electron chi connectivity index (χ2n) is 7.26. The maximum absolute atomic E-state index is 12.4. The predicted molar refractivity (Wildman–Crippen MR) is 117 cm³/mol. The van der Waals surface area contributed by atoms with Gasteiger partial charge in [0.15, 0.2) is 6.10 Å². The average Bonchev–Trinajstić information content (AvgIpc) is 3.16. The van der Waals surface area contributed by atoms with Gasteiger partial charge in [-0.05, 0) is 49.1 Å². The number of hydrogen-bond acceptors (Lipinski definition) is 4. The number of para-hydroxylation sites is 1. The molecule has 1 atom stereocenters. The number of fused-ring (bicyclic) bond motifs is 2. The van der Waals surface area contributed by atoms with Gasteiger partial charge in [-0.1, -0.05) is 25.1 Å². The number of carbonyl (C=O) groups is 1. The van der Waals surface area contributed by atoms with Crippen molar-refractivity contribution >= 4 is 27.8 Å². The summed E-state index contributed by atoms with van der Waals surface area (Å²) in [6, 6.07) is 14.9. The summed E-state index contributed by atoms with van der Waals surface area (Å²) in [7, 11) is 0. The minimum Gasteiger partial charge on any atom is -0.481 e. The fourth-order valence-corrected chi connectivity index (χ4v) is 3.64. The van der Waals surface area contributed by atoms with Gasteiger partial charge in [-0.25, -0.2) is 4.79 Å². The average molecular weight is 404 g/mol. The van der Waals surface area contributed by atoms with Crippen LogP contribution in [0.1, 0.15) is 25.0 Å². The number of carbonyl (C=O) groups excluding carboxylic acids is 1. The molecule has 6 nitrogen and oxygen atoms in total. The van der Waals surface area contributed by atoms with Crippen LogP contribution >= 0.6 is 0 Å². The van der Waals surface area contributed by atoms with Crippen LogP contribution in [0.5, 0.6) is 5.75 Å². The smallest absolute Gasteiger partial charge is 0.336 e. The lowest BCUT2D eigenvalue weighted by Gasteiger charge is -2.15. The molecular formula is C24H24N2O4. The van der Waals surface area contributed by atoms with E-state index in [1.807, 2.05) is 37.4 Å². The Morgan fingerprint density at radius 2 is 1.97 bits per heavy atom. The summed E-state index contributed by atoms with van der Waals surface area (Å²) in [4.78, 5) is 27.4. The first-order valence-electron chi connectivity index (χ1n) is 10.1. The van der Waals surface area contributed by atoms with Gasteiger partial charge in [0.1, 0.15) is 11.3 Å². The zero-order valence-electron chi connectivity index (χ0n) is 17.0. The molecule has 1 amide bonds. The van der Waals surface area contributed by atoms with Gasteiger partial charge in [-0.15, -0.1) is 0 Å². The van der Waals surface area contributed by atoms with Crippen LogP contribution in [0, 0.1) is 0 Å². The third-order valence-corrected chi connectivity index (χ3v) is 5.23. The van der Waals surface area contributed by atoms with Crippen molar-refractivity contribution in [3.05, 3.63) is 76.3 Å². The molecule has 1 unspecified atom stereocenters. The lowest BCUT2D eigenvalue weighted by atomic mass is 10.1. The molecule has 4 aromatic rings. The van der Waals surface area contributed by atoms with Crippen molar-refractivity contribution < 1.29 is 13.9 Å². The van der Waals surface area contributed by atoms with Crippen LogP contribution in [0.4, 0.5) is 0 Å². The van der Waals surface area contributed by atoms with E-state index in [-0.39, 0.29) is 11.5 Å². The molecule has 6 heteroatoms. The largest absolute Gasteiger partial charge is 0.481 e. The molecule has 2 aromatic heterocycles. The summed E-state index contributed by atoms with van der Waals surface area (Å²) in [6.07, 6.45) is 2.76. The first-order chi connectivity index (χ1) is 14.5. The summed E-state index contributed by atoms with van der Waals surface area (Å²) in [5.41, 5.74) is 3.25. The van der Waals surface area contributed by atoms with Crippen molar-refractivity contribution in [2.45, 2.75) is 32.8 Å². The van der Waals surface area contributed by atoms with E-state index in [0.717, 1.165) is 34.9 Å². The molecule has 0 fully saturated rings. The number of ether oxygens (including phenoxy) is 1. The Hall–Kier alpha value is -3.54. The summed E-state index contributed by atoms with van der Waals surface area (Å²) in [5.74, 6) is 0.289. The molecule has 0 radical (unpaired) electrons. The predicted octanol–water partition coefficient (Wildman–Crippen LogP) is 3.96. The lowest BCUT2D eigenvalue weighted by Crippen LogP contribution is -2.37. The molecular weight excluding hydrogens is 380 g/mol. The van der Waals surface area contributed by atoms with Gasteiger partial charge in [0.2, 0.25) is 0 Å². The number of aryl methyl sites for hydroxylation is 1. The van der Waals surface area contributed by atoms with Crippen LogP contribution in [0.25, 0.3) is 21.9 Å². The van der Waals surface area contributed by atoms with Gasteiger partial charge >= 0.3 is 5.63 Å². The van der Waals surface area contributed by atoms with Crippen molar-refractivity contribution in [1.82, 2.24) is 10.3 Å². The molecule has 0 bridgehead atoms. The number of H-pyrrole nitrogens is 1. The normalized spacial score (nSPS) is 12.2. The molecule has 4 rings (SSSR count). The molecule has 0 saturated carbocycles. The highest BCUT2D eigenvalue weighted by atomic mass is 16.5. The minimum atomic E-state index is -0.675. The van der Waals surface area contributed by atoms with Crippen molar-refractivity contribution in [1.29, 1.82) is 0 Å². The zero-order valence-corrected chi connectivity index (χ0v) is 17.0. The van der Waals surface area contributed by atoms with Crippen LogP contribution in [0.2, 0.25) is 0 Å². The monoisotopic (exact) mass is 404 g/mol. The quantitative estimate of drug-likeness (QED) is 0.457. The minimum absolute atomic E-state index is 0.196. The molecule has 0 aliphatic carbocycles. The van der Waals surface area contributed by atoms with E-state index in [0.29, 0.717) is 17.9 Å². The summed E-state index contributed by atoms with van der Waals surface area (Å²) >= 11 is 0. The van der Waals surface area contributed by atoms with Crippen molar-refractivity contribution in [3.63, 3.8) is 0 Å². The molecule has 0 aliphatic rings. The Morgan fingerprint density at radius 1 is 1.13 bits per heavy atom. The van der Waals surface area contributed by atoms with E-state index >= 15 is 0 Å². The molecule has 2 aromatic carbocycles. The summed E-state index contributed by atoms with van der Waals surface area (Å²) in [5, 5.41) is 4.96. The number of benzene rings is 2. The summed E-state index contributed by atoms with van der Waals surface area (Å²) < 4.78 is 11.1. The first-order valence-corrected chi connectivity index (χ1v) is 10.1. The molecule has 0 spiro atoms. The van der Waals surface area contributed by atoms with E-state index in [2.05, 4.69) is 16.4 Å². The number of hydrogen-bond donors (Lipinski definition) is 2. The Kier molecular flexibility index (Phi) is 5.57. The van der Waals surface area contributed by atoms with Gasteiger partial charge < -0.3 is 19.5 Å². The van der Waals surface area contributed by atoms with E-state index in [4.69, 9.17) is 9.15 Å². The number of rotatable bonds is 7. The molecule has 0 aliphatic heterocycles. The van der Waals surface area contributed by atoms with E-state index in [9.17, 15) is 9.59 Å². The van der Waals surface area contributed by atoms with Gasteiger partial charge in [0, 0.05) is 41.2 Å². The third kappa shape index (κ3) is 4.08. The van der Waals surface area contributed by atoms with E-state index < -0.39 is 6.10 Å². The third-order valence-electron chi connectivity index (χ3n) is 5.23. The Morgan fingerprint density at radius 3 is 2.80 bits per heavy atom. The Labute approximate surface area is 173 Å². The fourth-order valence-electron chi connectivity index (χ4n) is 3.64. The zero-order chi connectivity index (χ0) is 21.1. The van der Waals surface area contributed by atoms with Crippen LogP contribution in [0.15, 0.2) is 63.9 Å². The number of amides is 1. The number of aromatic nitrogens is 1. The van der Waals surface area contributed by atoms with Crippen LogP contribution in [-0.4, -0.2) is 23.5 Å². The topological polar surface area (TPSA) is 84.3 Å². The molecule has 154 valence electrons. The maximum Gasteiger partial charge on any atom is 0.336 e. The van der Waals surface area contributed by atoms with Crippen molar-refractivity contribution in [3.8, 4) is 5.75 Å². The van der Waals surface area contributed by atoms with Crippen LogP contribution < -0.4 is 15.7 Å². The molecule has 30 heavy (non-hydrogen) atoms. The van der Waals surface area contributed by atoms with E-state index in [1.54, 1.807) is 19.1 Å². The highest BCUT2D eigenvalue weighted by Crippen LogP contribution is 2.24. The number of aromatic amines is 1. The van der Waals surface area contributed by atoms with Gasteiger partial charge in [-0.2, -0.15) is 0 Å². The van der Waals surface area contributed by atoms with E-state index in [1.165, 1.54) is 11.5 Å². The Balaban J connectivity index is 1.38. The van der Waals surface area contributed by atoms with Crippen molar-refractivity contribution in [2.24, 2.45) is 0 Å². The lowest BCUT2D eigenvalue weighted by molar-refractivity contribution is -0.127. The summed E-state index contributed by atoms with van der Waals surface area (Å²) in [6.45, 7) is 4.20.